The second-order valence-corrected chi connectivity index (χ2v) is 7.35. The number of morpholine rings is 1. The maximum atomic E-state index is 12.5. The Balaban J connectivity index is 1.54. The van der Waals surface area contributed by atoms with Gasteiger partial charge in [-0.25, -0.2) is 0 Å². The molecule has 1 heterocycles. The van der Waals surface area contributed by atoms with E-state index in [4.69, 9.17) is 10.5 Å². The number of benzene rings is 1. The van der Waals surface area contributed by atoms with Crippen LogP contribution in [0.1, 0.15) is 17.5 Å². The molecule has 0 radical (unpaired) electrons. The third kappa shape index (κ3) is 4.34. The molecule has 0 aromatic heterocycles. The zero-order chi connectivity index (χ0) is 16.9. The fourth-order valence-corrected chi connectivity index (χ4v) is 3.77. The van der Waals surface area contributed by atoms with Crippen molar-refractivity contribution in [2.45, 2.75) is 18.6 Å². The number of nitrogens with zero attached hydrogens (tertiary/aromatic N) is 1. The standard InChI is InChI=1S/C19H22N2O2S/c1-14-3-2-4-15(11-14)5-6-16-12-17(16)24-18(13-20)19(22)21-7-9-23-10-8-21/h2-4,11,13,16-17H,7-10,12,20H2,1H3/b18-13-. The zero-order valence-electron chi connectivity index (χ0n) is 13.8. The van der Waals surface area contributed by atoms with Gasteiger partial charge in [0.25, 0.3) is 5.91 Å². The summed E-state index contributed by atoms with van der Waals surface area (Å²) in [4.78, 5) is 14.9. The summed E-state index contributed by atoms with van der Waals surface area (Å²) in [7, 11) is 0. The number of rotatable bonds is 3. The van der Waals surface area contributed by atoms with Gasteiger partial charge in [-0.15, -0.1) is 11.8 Å². The summed E-state index contributed by atoms with van der Waals surface area (Å²) >= 11 is 1.56. The maximum Gasteiger partial charge on any atom is 0.261 e. The fraction of sp³-hybridized carbons (Fsp3) is 0.421. The topological polar surface area (TPSA) is 55.6 Å². The minimum absolute atomic E-state index is 0.0168. The normalized spacial score (nSPS) is 23.4. The highest BCUT2D eigenvalue weighted by Gasteiger charge is 2.38. The van der Waals surface area contributed by atoms with Gasteiger partial charge in [0.05, 0.1) is 18.1 Å². The summed E-state index contributed by atoms with van der Waals surface area (Å²) in [6.07, 6.45) is 2.45. The van der Waals surface area contributed by atoms with E-state index < -0.39 is 0 Å². The lowest BCUT2D eigenvalue weighted by atomic mass is 10.1. The highest BCUT2D eigenvalue weighted by molar-refractivity contribution is 8.04. The number of thioether (sulfide) groups is 1. The van der Waals surface area contributed by atoms with Crippen LogP contribution in [0.25, 0.3) is 0 Å². The molecule has 1 aliphatic carbocycles. The lowest BCUT2D eigenvalue weighted by Gasteiger charge is -2.27. The van der Waals surface area contributed by atoms with E-state index in [0.717, 1.165) is 12.0 Å². The Labute approximate surface area is 147 Å². The van der Waals surface area contributed by atoms with Crippen LogP contribution in [0.2, 0.25) is 0 Å². The van der Waals surface area contributed by atoms with E-state index >= 15 is 0 Å². The van der Waals surface area contributed by atoms with E-state index in [1.807, 2.05) is 17.0 Å². The predicted octanol–water partition coefficient (Wildman–Crippen LogP) is 2.13. The molecule has 0 bridgehead atoms. The first-order valence-electron chi connectivity index (χ1n) is 8.21. The van der Waals surface area contributed by atoms with Crippen LogP contribution < -0.4 is 5.73 Å². The van der Waals surface area contributed by atoms with Crippen molar-refractivity contribution in [1.29, 1.82) is 0 Å². The van der Waals surface area contributed by atoms with Crippen molar-refractivity contribution in [1.82, 2.24) is 4.90 Å². The van der Waals surface area contributed by atoms with Crippen LogP contribution in [0.3, 0.4) is 0 Å². The van der Waals surface area contributed by atoms with E-state index in [0.29, 0.717) is 42.4 Å². The molecule has 24 heavy (non-hydrogen) atoms. The first kappa shape index (κ1) is 16.9. The van der Waals surface area contributed by atoms with Gasteiger partial charge in [-0.1, -0.05) is 24.0 Å². The smallest absolute Gasteiger partial charge is 0.261 e. The molecule has 2 aliphatic rings. The molecule has 1 aromatic rings. The molecule has 2 atom stereocenters. The Hall–Kier alpha value is -1.90. The first-order chi connectivity index (χ1) is 11.7. The summed E-state index contributed by atoms with van der Waals surface area (Å²) in [5, 5.41) is 0.363. The molecule has 2 N–H and O–H groups in total. The Morgan fingerprint density at radius 3 is 2.92 bits per heavy atom. The van der Waals surface area contributed by atoms with E-state index in [1.165, 1.54) is 11.8 Å². The van der Waals surface area contributed by atoms with Crippen LogP contribution in [0, 0.1) is 24.7 Å². The lowest BCUT2D eigenvalue weighted by molar-refractivity contribution is -0.130. The monoisotopic (exact) mass is 342 g/mol. The average Bonchev–Trinajstić information content (AvgIpc) is 3.36. The molecule has 1 amide bonds. The van der Waals surface area contributed by atoms with E-state index in [9.17, 15) is 4.79 Å². The minimum atomic E-state index is 0.0168. The highest BCUT2D eigenvalue weighted by Crippen LogP contribution is 2.44. The van der Waals surface area contributed by atoms with Crippen molar-refractivity contribution in [3.63, 3.8) is 0 Å². The van der Waals surface area contributed by atoms with E-state index in [-0.39, 0.29) is 5.91 Å². The number of amides is 1. The Bertz CT molecular complexity index is 699. The van der Waals surface area contributed by atoms with Gasteiger partial charge in [-0.05, 0) is 31.0 Å². The zero-order valence-corrected chi connectivity index (χ0v) is 14.6. The van der Waals surface area contributed by atoms with Crippen molar-refractivity contribution < 1.29 is 9.53 Å². The molecule has 126 valence electrons. The molecule has 3 rings (SSSR count). The largest absolute Gasteiger partial charge is 0.404 e. The maximum absolute atomic E-state index is 12.5. The van der Waals surface area contributed by atoms with Crippen LogP contribution in [0.15, 0.2) is 35.4 Å². The lowest BCUT2D eigenvalue weighted by Crippen LogP contribution is -2.41. The molecular formula is C19H22N2O2S. The molecule has 1 saturated heterocycles. The molecule has 1 saturated carbocycles. The van der Waals surface area contributed by atoms with Gasteiger partial charge in [0.1, 0.15) is 0 Å². The van der Waals surface area contributed by atoms with Crippen LogP contribution >= 0.6 is 11.8 Å². The van der Waals surface area contributed by atoms with Crippen molar-refractivity contribution in [3.8, 4) is 11.8 Å². The third-order valence-electron chi connectivity index (χ3n) is 4.09. The van der Waals surface area contributed by atoms with Gasteiger partial charge >= 0.3 is 0 Å². The van der Waals surface area contributed by atoms with Crippen LogP contribution in [0.4, 0.5) is 0 Å². The Morgan fingerprint density at radius 1 is 1.42 bits per heavy atom. The van der Waals surface area contributed by atoms with Gasteiger partial charge in [0.2, 0.25) is 0 Å². The summed E-state index contributed by atoms with van der Waals surface area (Å²) in [6.45, 7) is 4.54. The molecule has 1 aliphatic heterocycles. The van der Waals surface area contributed by atoms with Crippen LogP contribution in [0.5, 0.6) is 0 Å². The average molecular weight is 342 g/mol. The summed E-state index contributed by atoms with van der Waals surface area (Å²) in [5.74, 6) is 6.90. The molecule has 1 aromatic carbocycles. The number of carbonyl (C=O) groups excluding carboxylic acids is 1. The number of nitrogens with two attached hydrogens (primary N) is 1. The Morgan fingerprint density at radius 2 is 2.21 bits per heavy atom. The number of carbonyl (C=O) groups is 1. The minimum Gasteiger partial charge on any atom is -0.404 e. The molecule has 5 heteroatoms. The van der Waals surface area contributed by atoms with Crippen molar-refractivity contribution >= 4 is 17.7 Å². The number of ether oxygens (including phenoxy) is 1. The van der Waals surface area contributed by atoms with Crippen LogP contribution in [-0.2, 0) is 9.53 Å². The van der Waals surface area contributed by atoms with Gasteiger partial charge in [0, 0.05) is 36.0 Å². The summed E-state index contributed by atoms with van der Waals surface area (Å²) in [5.41, 5.74) is 7.95. The predicted molar refractivity (Wildman–Crippen MR) is 97.2 cm³/mol. The van der Waals surface area contributed by atoms with Gasteiger partial charge < -0.3 is 15.4 Å². The molecule has 4 nitrogen and oxygen atoms in total. The number of aryl methyl sites for hydroxylation is 1. The number of hydrogen-bond acceptors (Lipinski definition) is 4. The van der Waals surface area contributed by atoms with E-state index in [1.54, 1.807) is 11.8 Å². The van der Waals surface area contributed by atoms with Gasteiger partial charge in [0.15, 0.2) is 0 Å². The quantitative estimate of drug-likeness (QED) is 0.675. The fourth-order valence-electron chi connectivity index (χ4n) is 2.60. The second-order valence-electron chi connectivity index (χ2n) is 6.07. The van der Waals surface area contributed by atoms with E-state index in [2.05, 4.69) is 30.9 Å². The van der Waals surface area contributed by atoms with Gasteiger partial charge in [-0.2, -0.15) is 0 Å². The summed E-state index contributed by atoms with van der Waals surface area (Å²) in [6, 6.07) is 8.20. The third-order valence-corrected chi connectivity index (χ3v) is 5.48. The second kappa shape index (κ2) is 7.78. The summed E-state index contributed by atoms with van der Waals surface area (Å²) < 4.78 is 5.29. The molecular weight excluding hydrogens is 320 g/mol. The Kier molecular flexibility index (Phi) is 5.49. The highest BCUT2D eigenvalue weighted by atomic mass is 32.2. The van der Waals surface area contributed by atoms with Gasteiger partial charge in [-0.3, -0.25) is 4.79 Å². The van der Waals surface area contributed by atoms with Crippen molar-refractivity contribution in [2.75, 3.05) is 26.3 Å². The van der Waals surface area contributed by atoms with Crippen molar-refractivity contribution in [3.05, 3.63) is 46.5 Å². The van der Waals surface area contributed by atoms with Crippen molar-refractivity contribution in [2.24, 2.45) is 11.7 Å². The molecule has 2 fully saturated rings. The molecule has 0 spiro atoms. The first-order valence-corrected chi connectivity index (χ1v) is 9.09. The SMILES string of the molecule is Cc1cccc(C#CC2CC2S/C(=C\N)C(=O)N2CCOCC2)c1. The molecule has 2 unspecified atom stereocenters. The van der Waals surface area contributed by atoms with Crippen LogP contribution in [-0.4, -0.2) is 42.4 Å². The number of hydrogen-bond donors (Lipinski definition) is 1.